The third kappa shape index (κ3) is 5.92. The van der Waals surface area contributed by atoms with Gasteiger partial charge in [-0.25, -0.2) is 4.79 Å². The summed E-state index contributed by atoms with van der Waals surface area (Å²) in [6.07, 6.45) is 6.72. The van der Waals surface area contributed by atoms with Gasteiger partial charge in [0.05, 0.1) is 12.2 Å². The Labute approximate surface area is 264 Å². The maximum atomic E-state index is 14.2. The fourth-order valence-corrected chi connectivity index (χ4v) is 10.5. The Balaban J connectivity index is 1.25. The molecular weight excluding hydrogens is 612 g/mol. The van der Waals surface area contributed by atoms with Crippen LogP contribution in [0.2, 0.25) is 0 Å². The molecular formula is C30H42N2O10S2. The van der Waals surface area contributed by atoms with Crippen molar-refractivity contribution < 1.29 is 43.6 Å². The van der Waals surface area contributed by atoms with Gasteiger partial charge in [-0.1, -0.05) is 60.4 Å². The molecule has 5 aliphatic rings. The van der Waals surface area contributed by atoms with E-state index < -0.39 is 52.7 Å². The summed E-state index contributed by atoms with van der Waals surface area (Å²) in [4.78, 5) is 53.2. The monoisotopic (exact) mass is 654 g/mol. The van der Waals surface area contributed by atoms with Crippen molar-refractivity contribution in [2.24, 2.45) is 28.6 Å². The van der Waals surface area contributed by atoms with Crippen molar-refractivity contribution in [2.45, 2.75) is 83.4 Å². The molecule has 0 aromatic carbocycles. The van der Waals surface area contributed by atoms with Crippen LogP contribution in [0.25, 0.3) is 0 Å². The molecule has 14 heteroatoms. The number of nitrogens with zero attached hydrogens (tertiary/aromatic N) is 1. The van der Waals surface area contributed by atoms with E-state index in [0.29, 0.717) is 30.8 Å². The van der Waals surface area contributed by atoms with Gasteiger partial charge < -0.3 is 29.5 Å². The van der Waals surface area contributed by atoms with E-state index in [0.717, 1.165) is 24.8 Å². The molecule has 1 aliphatic heterocycles. The second-order valence-electron chi connectivity index (χ2n) is 12.8. The molecule has 12 nitrogen and oxygen atoms in total. The van der Waals surface area contributed by atoms with E-state index in [9.17, 15) is 29.6 Å². The Hall–Kier alpha value is -2.13. The summed E-state index contributed by atoms with van der Waals surface area (Å²) in [5, 5.41) is 23.8. The van der Waals surface area contributed by atoms with E-state index in [1.54, 1.807) is 12.2 Å². The average molecular weight is 655 g/mol. The summed E-state index contributed by atoms with van der Waals surface area (Å²) in [6, 6.07) is 0. The van der Waals surface area contributed by atoms with Gasteiger partial charge in [0.1, 0.15) is 6.61 Å². The minimum atomic E-state index is -1.35. The van der Waals surface area contributed by atoms with E-state index in [4.69, 9.17) is 14.2 Å². The number of aliphatic hydroxyl groups is 1. The Kier molecular flexibility index (Phi) is 10.1. The van der Waals surface area contributed by atoms with Gasteiger partial charge in [-0.05, 0) is 56.1 Å². The SMILES string of the molecule is CCCC1O[C@@H]2CC3[C@@H]4CCC5=CC(=O)C=C[C@]5(C)C4C(O)C[C@]3(C)[C@]2(C(=O)COC(=O)NCCSSCCO[N+](=O)[O-])O1. The van der Waals surface area contributed by atoms with E-state index in [1.807, 2.05) is 19.9 Å². The highest BCUT2D eigenvalue weighted by Crippen LogP contribution is 2.69. The largest absolute Gasteiger partial charge is 0.441 e. The number of alkyl carbamates (subject to hydrolysis) is 1. The van der Waals surface area contributed by atoms with E-state index in [1.165, 1.54) is 21.6 Å². The number of carbonyl (C=O) groups excluding carboxylic acids is 3. The van der Waals surface area contributed by atoms with Gasteiger partial charge in [0.15, 0.2) is 24.3 Å². The number of ketones is 2. The number of hydrogen-bond donors (Lipinski definition) is 2. The molecule has 244 valence electrons. The number of rotatable bonds is 13. The van der Waals surface area contributed by atoms with Crippen LogP contribution in [0.3, 0.4) is 0 Å². The lowest BCUT2D eigenvalue weighted by atomic mass is 9.46. The van der Waals surface area contributed by atoms with Crippen LogP contribution in [-0.2, 0) is 28.6 Å². The molecule has 0 bridgehead atoms. The first kappa shape index (κ1) is 33.2. The molecule has 0 radical (unpaired) electrons. The van der Waals surface area contributed by atoms with Gasteiger partial charge in [-0.15, -0.1) is 10.1 Å². The van der Waals surface area contributed by atoms with Gasteiger partial charge in [-0.2, -0.15) is 0 Å². The van der Waals surface area contributed by atoms with Crippen molar-refractivity contribution in [3.05, 3.63) is 33.9 Å². The number of ether oxygens (including phenoxy) is 3. The van der Waals surface area contributed by atoms with Crippen molar-refractivity contribution in [1.82, 2.24) is 5.32 Å². The minimum Gasteiger partial charge on any atom is -0.441 e. The van der Waals surface area contributed by atoms with Crippen molar-refractivity contribution >= 4 is 39.2 Å². The Morgan fingerprint density at radius 1 is 1.27 bits per heavy atom. The molecule has 0 aromatic rings. The number of amides is 1. The van der Waals surface area contributed by atoms with Crippen LogP contribution >= 0.6 is 21.6 Å². The molecule has 2 N–H and O–H groups in total. The highest BCUT2D eigenvalue weighted by molar-refractivity contribution is 8.76. The van der Waals surface area contributed by atoms with Crippen molar-refractivity contribution in [3.63, 3.8) is 0 Å². The van der Waals surface area contributed by atoms with Gasteiger partial charge in [-0.3, -0.25) is 9.59 Å². The lowest BCUT2D eigenvalue weighted by molar-refractivity contribution is -0.756. The quantitative estimate of drug-likeness (QED) is 0.127. The first-order valence-corrected chi connectivity index (χ1v) is 17.9. The summed E-state index contributed by atoms with van der Waals surface area (Å²) in [7, 11) is 2.82. The molecule has 1 heterocycles. The molecule has 3 saturated carbocycles. The average Bonchev–Trinajstić information content (AvgIpc) is 3.45. The molecule has 5 rings (SSSR count). The Morgan fingerprint density at radius 3 is 2.80 bits per heavy atom. The van der Waals surface area contributed by atoms with Gasteiger partial charge >= 0.3 is 6.09 Å². The van der Waals surface area contributed by atoms with Crippen LogP contribution in [0.5, 0.6) is 0 Å². The van der Waals surface area contributed by atoms with Crippen LogP contribution in [0.1, 0.15) is 59.3 Å². The smallest absolute Gasteiger partial charge is 0.407 e. The fourth-order valence-electron chi connectivity index (χ4n) is 8.75. The van der Waals surface area contributed by atoms with E-state index in [-0.39, 0.29) is 42.5 Å². The highest BCUT2D eigenvalue weighted by atomic mass is 33.1. The lowest BCUT2D eigenvalue weighted by Gasteiger charge is -2.59. The minimum absolute atomic E-state index is 0.0104. The molecule has 4 unspecified atom stereocenters. The predicted molar refractivity (Wildman–Crippen MR) is 163 cm³/mol. The van der Waals surface area contributed by atoms with Crippen LogP contribution in [0.4, 0.5) is 4.79 Å². The van der Waals surface area contributed by atoms with Crippen molar-refractivity contribution in [3.8, 4) is 0 Å². The van der Waals surface area contributed by atoms with Gasteiger partial charge in [0, 0.05) is 34.8 Å². The first-order valence-electron chi connectivity index (χ1n) is 15.4. The summed E-state index contributed by atoms with van der Waals surface area (Å²) in [6.45, 7) is 5.97. The number of fused-ring (bicyclic) bond motifs is 7. The molecule has 4 fully saturated rings. The third-order valence-electron chi connectivity index (χ3n) is 10.5. The molecule has 44 heavy (non-hydrogen) atoms. The van der Waals surface area contributed by atoms with Gasteiger partial charge in [0.2, 0.25) is 5.78 Å². The summed E-state index contributed by atoms with van der Waals surface area (Å²) >= 11 is 0. The second-order valence-corrected chi connectivity index (χ2v) is 15.5. The van der Waals surface area contributed by atoms with Crippen LogP contribution in [-0.4, -0.2) is 83.2 Å². The summed E-state index contributed by atoms with van der Waals surface area (Å²) in [5.74, 6) is 0.634. The fraction of sp³-hybridized carbons (Fsp3) is 0.767. The molecule has 4 aliphatic carbocycles. The van der Waals surface area contributed by atoms with Crippen molar-refractivity contribution in [1.29, 1.82) is 0 Å². The topological polar surface area (TPSA) is 164 Å². The lowest BCUT2D eigenvalue weighted by Crippen LogP contribution is -2.63. The zero-order valence-electron chi connectivity index (χ0n) is 25.4. The Morgan fingerprint density at radius 2 is 2.05 bits per heavy atom. The number of aliphatic hydroxyl groups excluding tert-OH is 1. The number of Topliss-reactive ketones (excluding diaryl/α,β-unsaturated/α-hetero) is 1. The molecule has 1 saturated heterocycles. The number of allylic oxidation sites excluding steroid dienone is 4. The van der Waals surface area contributed by atoms with Crippen LogP contribution in [0.15, 0.2) is 23.8 Å². The standard InChI is InChI=1S/C30H42N2O10S2/c1-4-5-25-41-24-15-21-20-7-6-18-14-19(33)8-9-28(18,2)26(20)22(34)16-29(21,3)30(24,42-25)23(35)17-39-27(36)31-10-12-43-44-13-11-40-32(37)38/h8-9,14,20-22,24-26,34H,4-7,10-13,15-17H2,1-3H3,(H,31,36)/t20-,21?,22?,24+,25?,26?,28-,29-,30+/m0/s1. The Bertz CT molecular complexity index is 1210. The number of nitrogens with one attached hydrogen (secondary N) is 1. The maximum absolute atomic E-state index is 14.2. The van der Waals surface area contributed by atoms with Crippen LogP contribution < -0.4 is 5.32 Å². The van der Waals surface area contributed by atoms with Crippen LogP contribution in [0, 0.1) is 38.7 Å². The normalized spacial score (nSPS) is 38.5. The first-order chi connectivity index (χ1) is 21.0. The second kappa shape index (κ2) is 13.3. The molecule has 0 spiro atoms. The predicted octanol–water partition coefficient (Wildman–Crippen LogP) is 4.04. The highest BCUT2D eigenvalue weighted by Gasteiger charge is 2.75. The molecule has 9 atom stereocenters. The third-order valence-corrected chi connectivity index (χ3v) is 12.8. The number of hydrogen-bond acceptors (Lipinski definition) is 12. The zero-order chi connectivity index (χ0) is 31.7. The van der Waals surface area contributed by atoms with Gasteiger partial charge in [0.25, 0.3) is 5.09 Å². The molecule has 0 aromatic heterocycles. The maximum Gasteiger partial charge on any atom is 0.407 e. The van der Waals surface area contributed by atoms with Crippen molar-refractivity contribution in [2.75, 3.05) is 31.3 Å². The van der Waals surface area contributed by atoms with E-state index in [2.05, 4.69) is 17.1 Å². The van der Waals surface area contributed by atoms with E-state index >= 15 is 0 Å². The summed E-state index contributed by atoms with van der Waals surface area (Å²) in [5.41, 5.74) is -1.46. The number of carbonyl (C=O) groups is 3. The summed E-state index contributed by atoms with van der Waals surface area (Å²) < 4.78 is 18.4. The molecule has 1 amide bonds. The zero-order valence-corrected chi connectivity index (χ0v) is 27.0.